The lowest BCUT2D eigenvalue weighted by molar-refractivity contribution is 0.790. The van der Waals surface area contributed by atoms with Crippen LogP contribution < -0.4 is 0 Å². The topological polar surface area (TPSA) is 83.1 Å². The minimum absolute atomic E-state index is 0.894. The highest BCUT2D eigenvalue weighted by Crippen LogP contribution is 2.15. The van der Waals surface area contributed by atoms with E-state index in [2.05, 4.69) is 30.8 Å². The van der Waals surface area contributed by atoms with E-state index in [0.717, 1.165) is 48.5 Å². The number of H-pyrrole nitrogens is 2. The molecule has 0 bridgehead atoms. The predicted octanol–water partition coefficient (Wildman–Crippen LogP) is -0.193. The van der Waals surface area contributed by atoms with E-state index >= 15 is 0 Å². The van der Waals surface area contributed by atoms with Gasteiger partial charge in [0.15, 0.2) is 0 Å². The van der Waals surface area contributed by atoms with E-state index in [1.54, 1.807) is 0 Å². The van der Waals surface area contributed by atoms with Gasteiger partial charge in [0.1, 0.15) is 0 Å². The summed E-state index contributed by atoms with van der Waals surface area (Å²) < 4.78 is 0. The summed E-state index contributed by atoms with van der Waals surface area (Å²) in [5.74, 6) is 0. The first-order chi connectivity index (χ1) is 6.93. The Labute approximate surface area is 80.1 Å². The maximum atomic E-state index is 4.12. The fourth-order valence-electron chi connectivity index (χ4n) is 1.82. The van der Waals surface area contributed by atoms with Crippen LogP contribution in [0.4, 0.5) is 0 Å². The van der Waals surface area contributed by atoms with Gasteiger partial charge in [-0.15, -0.1) is 0 Å². The van der Waals surface area contributed by atoms with Gasteiger partial charge >= 0.3 is 0 Å². The van der Waals surface area contributed by atoms with Crippen molar-refractivity contribution < 1.29 is 0 Å². The SMILES string of the molecule is C1Cc2n[nH]nc2CCc2n[nH]nc21. The third-order valence-electron chi connectivity index (χ3n) is 2.60. The van der Waals surface area contributed by atoms with E-state index < -0.39 is 0 Å². The number of aromatic nitrogens is 6. The van der Waals surface area contributed by atoms with Crippen LogP contribution >= 0.6 is 0 Å². The van der Waals surface area contributed by atoms with Crippen molar-refractivity contribution >= 4 is 0 Å². The van der Waals surface area contributed by atoms with Gasteiger partial charge in [-0.2, -0.15) is 30.8 Å². The molecule has 0 radical (unpaired) electrons. The Morgan fingerprint density at radius 3 is 1.14 bits per heavy atom. The van der Waals surface area contributed by atoms with Crippen LogP contribution in [0.3, 0.4) is 0 Å². The van der Waals surface area contributed by atoms with E-state index in [1.807, 2.05) is 0 Å². The monoisotopic (exact) mass is 190 g/mol. The molecule has 0 aliphatic heterocycles. The Morgan fingerprint density at radius 2 is 0.857 bits per heavy atom. The molecule has 2 heterocycles. The van der Waals surface area contributed by atoms with Crippen molar-refractivity contribution in [3.63, 3.8) is 0 Å². The summed E-state index contributed by atoms with van der Waals surface area (Å²) >= 11 is 0. The Morgan fingerprint density at radius 1 is 0.571 bits per heavy atom. The third kappa shape index (κ3) is 1.11. The second-order valence-electron chi connectivity index (χ2n) is 3.43. The van der Waals surface area contributed by atoms with Crippen molar-refractivity contribution in [1.82, 2.24) is 30.8 Å². The van der Waals surface area contributed by atoms with Crippen LogP contribution in [-0.4, -0.2) is 30.8 Å². The van der Waals surface area contributed by atoms with Gasteiger partial charge in [-0.25, -0.2) is 0 Å². The lowest BCUT2D eigenvalue weighted by Crippen LogP contribution is -2.06. The van der Waals surface area contributed by atoms with Crippen molar-refractivity contribution in [3.8, 4) is 0 Å². The molecule has 3 rings (SSSR count). The van der Waals surface area contributed by atoms with Crippen LogP contribution in [0.1, 0.15) is 22.8 Å². The van der Waals surface area contributed by atoms with Crippen LogP contribution in [0, 0.1) is 0 Å². The molecule has 0 saturated carbocycles. The molecular weight excluding hydrogens is 180 g/mol. The summed E-state index contributed by atoms with van der Waals surface area (Å²) in [6.07, 6.45) is 3.58. The van der Waals surface area contributed by atoms with Gasteiger partial charge in [0.2, 0.25) is 0 Å². The van der Waals surface area contributed by atoms with E-state index in [0.29, 0.717) is 0 Å². The molecule has 0 atom stereocenters. The Hall–Kier alpha value is -1.72. The quantitative estimate of drug-likeness (QED) is 0.603. The molecule has 6 nitrogen and oxygen atoms in total. The van der Waals surface area contributed by atoms with Crippen LogP contribution in [0.25, 0.3) is 0 Å². The fourth-order valence-corrected chi connectivity index (χ4v) is 1.82. The second-order valence-corrected chi connectivity index (χ2v) is 3.43. The normalized spacial score (nSPS) is 15.4. The van der Waals surface area contributed by atoms with E-state index in [4.69, 9.17) is 0 Å². The van der Waals surface area contributed by atoms with Gasteiger partial charge in [0.05, 0.1) is 22.8 Å². The van der Waals surface area contributed by atoms with Gasteiger partial charge in [-0.05, 0) is 25.7 Å². The summed E-state index contributed by atoms with van der Waals surface area (Å²) in [4.78, 5) is 0. The molecule has 0 saturated heterocycles. The average Bonchev–Trinajstić information content (AvgIpc) is 2.75. The molecule has 0 unspecified atom stereocenters. The second kappa shape index (κ2) is 2.90. The highest BCUT2D eigenvalue weighted by Gasteiger charge is 2.16. The maximum Gasteiger partial charge on any atom is 0.0860 e. The summed E-state index contributed by atoms with van der Waals surface area (Å²) in [6.45, 7) is 0. The van der Waals surface area contributed by atoms with Gasteiger partial charge in [-0.3, -0.25) is 0 Å². The zero-order valence-corrected chi connectivity index (χ0v) is 7.62. The van der Waals surface area contributed by atoms with Gasteiger partial charge in [0, 0.05) is 0 Å². The number of fused-ring (bicyclic) bond motifs is 2. The number of aryl methyl sites for hydroxylation is 4. The predicted molar refractivity (Wildman–Crippen MR) is 47.6 cm³/mol. The molecule has 2 aromatic rings. The standard InChI is InChI=1S/C8H10N6/c1-2-6-8(12-14-10-6)4-3-7-5(1)9-13-11-7/h1-4H2,(H,9,11,13)(H,10,12,14). The van der Waals surface area contributed by atoms with Crippen molar-refractivity contribution in [2.45, 2.75) is 25.7 Å². The number of hydrogen-bond acceptors (Lipinski definition) is 4. The van der Waals surface area contributed by atoms with Gasteiger partial charge < -0.3 is 0 Å². The Bertz CT molecular complexity index is 363. The van der Waals surface area contributed by atoms with Crippen molar-refractivity contribution in [2.24, 2.45) is 0 Å². The molecule has 0 amide bonds. The highest BCUT2D eigenvalue weighted by molar-refractivity contribution is 5.19. The Kier molecular flexibility index (Phi) is 1.59. The molecule has 1 aliphatic rings. The lowest BCUT2D eigenvalue weighted by atomic mass is 10.0. The van der Waals surface area contributed by atoms with Crippen LogP contribution in [0.2, 0.25) is 0 Å². The van der Waals surface area contributed by atoms with E-state index in [1.165, 1.54) is 0 Å². The fraction of sp³-hybridized carbons (Fsp3) is 0.500. The molecule has 1 aliphatic carbocycles. The molecule has 6 heteroatoms. The van der Waals surface area contributed by atoms with Crippen molar-refractivity contribution in [2.75, 3.05) is 0 Å². The van der Waals surface area contributed by atoms with Crippen molar-refractivity contribution in [1.29, 1.82) is 0 Å². The first kappa shape index (κ1) is 7.66. The minimum atomic E-state index is 0.894. The zero-order valence-electron chi connectivity index (χ0n) is 7.62. The lowest BCUT2D eigenvalue weighted by Gasteiger charge is -2.04. The summed E-state index contributed by atoms with van der Waals surface area (Å²) in [5, 5.41) is 21.8. The van der Waals surface area contributed by atoms with Crippen LogP contribution in [-0.2, 0) is 25.7 Å². The molecule has 2 aromatic heterocycles. The van der Waals surface area contributed by atoms with Crippen LogP contribution in [0.5, 0.6) is 0 Å². The molecule has 0 spiro atoms. The first-order valence-corrected chi connectivity index (χ1v) is 4.70. The largest absolute Gasteiger partial charge is 0.197 e. The number of rotatable bonds is 0. The molecule has 72 valence electrons. The maximum absolute atomic E-state index is 4.12. The molecule has 2 N–H and O–H groups in total. The van der Waals surface area contributed by atoms with E-state index in [-0.39, 0.29) is 0 Å². The zero-order chi connectivity index (χ0) is 9.38. The summed E-state index contributed by atoms with van der Waals surface area (Å²) in [6, 6.07) is 0. The average molecular weight is 190 g/mol. The van der Waals surface area contributed by atoms with Gasteiger partial charge in [0.25, 0.3) is 0 Å². The Balaban J connectivity index is 1.96. The number of nitrogens with zero attached hydrogens (tertiary/aromatic N) is 4. The molecule has 0 aromatic carbocycles. The smallest absolute Gasteiger partial charge is 0.0860 e. The van der Waals surface area contributed by atoms with E-state index in [9.17, 15) is 0 Å². The molecule has 0 fully saturated rings. The number of aromatic amines is 2. The number of nitrogens with one attached hydrogen (secondary N) is 2. The summed E-state index contributed by atoms with van der Waals surface area (Å²) in [7, 11) is 0. The third-order valence-corrected chi connectivity index (χ3v) is 2.60. The van der Waals surface area contributed by atoms with Crippen molar-refractivity contribution in [3.05, 3.63) is 22.8 Å². The molecular formula is C8H10N6. The minimum Gasteiger partial charge on any atom is -0.197 e. The van der Waals surface area contributed by atoms with Crippen LogP contribution in [0.15, 0.2) is 0 Å². The first-order valence-electron chi connectivity index (χ1n) is 4.70. The molecule has 14 heavy (non-hydrogen) atoms. The highest BCUT2D eigenvalue weighted by atomic mass is 15.3. The van der Waals surface area contributed by atoms with Gasteiger partial charge in [-0.1, -0.05) is 0 Å². The summed E-state index contributed by atoms with van der Waals surface area (Å²) in [5.41, 5.74) is 4.27. The number of hydrogen-bond donors (Lipinski definition) is 2.